The quantitative estimate of drug-likeness (QED) is 0.618. The molecule has 0 atom stereocenters. The number of nitrogens with zero attached hydrogens (tertiary/aromatic N) is 5. The first kappa shape index (κ1) is 20.1. The van der Waals surface area contributed by atoms with E-state index in [1.54, 1.807) is 16.7 Å². The molecule has 0 radical (unpaired) electrons. The van der Waals surface area contributed by atoms with E-state index in [2.05, 4.69) is 4.90 Å². The summed E-state index contributed by atoms with van der Waals surface area (Å²) in [5, 5.41) is 0.621. The predicted molar refractivity (Wildman–Crippen MR) is 120 cm³/mol. The Morgan fingerprint density at radius 3 is 2.45 bits per heavy atom. The topological polar surface area (TPSA) is 65.1 Å². The summed E-state index contributed by atoms with van der Waals surface area (Å²) in [5.41, 5.74) is 1.18. The molecule has 3 heterocycles. The predicted octanol–water partition coefficient (Wildman–Crippen LogP) is 2.56. The van der Waals surface area contributed by atoms with Gasteiger partial charge in [-0.05, 0) is 24.1 Å². The van der Waals surface area contributed by atoms with E-state index in [9.17, 15) is 9.59 Å². The van der Waals surface area contributed by atoms with Crippen LogP contribution in [0.3, 0.4) is 0 Å². The molecule has 9 heteroatoms. The van der Waals surface area contributed by atoms with Gasteiger partial charge in [0.2, 0.25) is 5.95 Å². The van der Waals surface area contributed by atoms with Gasteiger partial charge >= 0.3 is 5.69 Å². The van der Waals surface area contributed by atoms with Gasteiger partial charge in [-0.25, -0.2) is 4.79 Å². The number of fused-ring (bicyclic) bond motifs is 1. The molecule has 2 aromatic heterocycles. The number of hydrogen-bond donors (Lipinski definition) is 0. The maximum Gasteiger partial charge on any atom is 0.333 e. The largest absolute Gasteiger partial charge is 0.341 e. The van der Waals surface area contributed by atoms with Crippen molar-refractivity contribution in [2.24, 2.45) is 7.05 Å². The Balaban J connectivity index is 1.90. The Kier molecular flexibility index (Phi) is 5.74. The van der Waals surface area contributed by atoms with Gasteiger partial charge in [0, 0.05) is 43.2 Å². The molecule has 29 heavy (non-hydrogen) atoms. The van der Waals surface area contributed by atoms with E-state index in [4.69, 9.17) is 16.6 Å². The highest BCUT2D eigenvalue weighted by Crippen LogP contribution is 2.22. The summed E-state index contributed by atoms with van der Waals surface area (Å²) >= 11 is 7.89. The molecule has 0 spiro atoms. The van der Waals surface area contributed by atoms with Crippen molar-refractivity contribution in [3.63, 3.8) is 0 Å². The van der Waals surface area contributed by atoms with Gasteiger partial charge < -0.3 is 9.47 Å². The molecule has 0 aliphatic carbocycles. The number of imidazole rings is 1. The summed E-state index contributed by atoms with van der Waals surface area (Å²) in [6.45, 7) is 4.51. The number of aromatic nitrogens is 4. The van der Waals surface area contributed by atoms with Gasteiger partial charge in [-0.1, -0.05) is 30.7 Å². The lowest BCUT2D eigenvalue weighted by Gasteiger charge is -2.27. The van der Waals surface area contributed by atoms with Crippen molar-refractivity contribution in [2.45, 2.75) is 26.4 Å². The Labute approximate surface area is 177 Å². The normalized spacial score (nSPS) is 14.7. The molecule has 0 saturated carbocycles. The molecular weight excluding hydrogens is 410 g/mol. The first-order valence-corrected chi connectivity index (χ1v) is 11.3. The summed E-state index contributed by atoms with van der Waals surface area (Å²) in [6.07, 6.45) is 0.778. The van der Waals surface area contributed by atoms with Gasteiger partial charge in [0.05, 0.1) is 6.54 Å². The standard InChI is InChI=1S/C20H24ClN5O2S/c1-3-8-25-17-16(23(2)19(22-17)24-9-11-29-12-10-24)18(27)26(20(25)28)13-14-4-6-15(21)7-5-14/h4-7H,3,8-13H2,1-2H3. The lowest BCUT2D eigenvalue weighted by Crippen LogP contribution is -2.40. The zero-order valence-corrected chi connectivity index (χ0v) is 18.2. The van der Waals surface area contributed by atoms with Crippen LogP contribution in [0.15, 0.2) is 33.9 Å². The number of benzene rings is 1. The van der Waals surface area contributed by atoms with Crippen molar-refractivity contribution in [1.82, 2.24) is 18.7 Å². The maximum absolute atomic E-state index is 13.3. The smallest absolute Gasteiger partial charge is 0.333 e. The molecule has 0 amide bonds. The van der Waals surface area contributed by atoms with Crippen molar-refractivity contribution < 1.29 is 0 Å². The van der Waals surface area contributed by atoms with Crippen LogP contribution < -0.4 is 16.1 Å². The number of aryl methyl sites for hydroxylation is 2. The molecule has 1 aliphatic rings. The zero-order chi connectivity index (χ0) is 20.5. The van der Waals surface area contributed by atoms with Crippen LogP contribution in [0.4, 0.5) is 5.95 Å². The Bertz CT molecular complexity index is 1140. The second-order valence-corrected chi connectivity index (χ2v) is 8.86. The fourth-order valence-corrected chi connectivity index (χ4v) is 4.76. The molecule has 154 valence electrons. The summed E-state index contributed by atoms with van der Waals surface area (Å²) in [4.78, 5) is 33.5. The molecule has 0 bridgehead atoms. The van der Waals surface area contributed by atoms with Crippen LogP contribution in [0.25, 0.3) is 11.2 Å². The van der Waals surface area contributed by atoms with Crippen LogP contribution in [0.2, 0.25) is 5.02 Å². The SMILES string of the molecule is CCCn1c(=O)n(Cc2ccc(Cl)cc2)c(=O)c2c1nc(N1CCSCC1)n2C. The Morgan fingerprint density at radius 1 is 1.10 bits per heavy atom. The van der Waals surface area contributed by atoms with E-state index < -0.39 is 0 Å². The van der Waals surface area contributed by atoms with Crippen molar-refractivity contribution in [3.8, 4) is 0 Å². The van der Waals surface area contributed by atoms with Gasteiger partial charge in [-0.15, -0.1) is 0 Å². The number of hydrogen-bond acceptors (Lipinski definition) is 5. The van der Waals surface area contributed by atoms with Crippen LogP contribution >= 0.6 is 23.4 Å². The van der Waals surface area contributed by atoms with Crippen LogP contribution in [-0.4, -0.2) is 43.3 Å². The molecule has 3 aromatic rings. The molecule has 7 nitrogen and oxygen atoms in total. The minimum absolute atomic E-state index is 0.204. The number of rotatable bonds is 5. The number of halogens is 1. The zero-order valence-electron chi connectivity index (χ0n) is 16.6. The summed E-state index contributed by atoms with van der Waals surface area (Å²) < 4.78 is 4.78. The second kappa shape index (κ2) is 8.28. The lowest BCUT2D eigenvalue weighted by atomic mass is 10.2. The van der Waals surface area contributed by atoms with Crippen LogP contribution in [0, 0.1) is 0 Å². The molecule has 1 fully saturated rings. The first-order chi connectivity index (χ1) is 14.0. The van der Waals surface area contributed by atoms with E-state index in [0.717, 1.165) is 42.5 Å². The van der Waals surface area contributed by atoms with Crippen molar-refractivity contribution in [2.75, 3.05) is 29.5 Å². The third kappa shape index (κ3) is 3.71. The van der Waals surface area contributed by atoms with Crippen LogP contribution in [-0.2, 0) is 20.1 Å². The van der Waals surface area contributed by atoms with Gasteiger partial charge in [0.15, 0.2) is 11.2 Å². The monoisotopic (exact) mass is 433 g/mol. The lowest BCUT2D eigenvalue weighted by molar-refractivity contribution is 0.588. The van der Waals surface area contributed by atoms with Gasteiger partial charge in [0.1, 0.15) is 0 Å². The maximum atomic E-state index is 13.3. The molecule has 1 aromatic carbocycles. The van der Waals surface area contributed by atoms with Crippen molar-refractivity contribution >= 4 is 40.5 Å². The summed E-state index contributed by atoms with van der Waals surface area (Å²) in [7, 11) is 1.86. The van der Waals surface area contributed by atoms with Crippen molar-refractivity contribution in [3.05, 3.63) is 55.7 Å². The molecule has 0 N–H and O–H groups in total. The van der Waals surface area contributed by atoms with E-state index in [1.807, 2.05) is 42.4 Å². The van der Waals surface area contributed by atoms with Crippen LogP contribution in [0.5, 0.6) is 0 Å². The third-order valence-electron chi connectivity index (χ3n) is 5.21. The Morgan fingerprint density at radius 2 is 1.79 bits per heavy atom. The van der Waals surface area contributed by atoms with E-state index in [-0.39, 0.29) is 17.8 Å². The van der Waals surface area contributed by atoms with Gasteiger partial charge in [-0.2, -0.15) is 16.7 Å². The minimum Gasteiger partial charge on any atom is -0.341 e. The first-order valence-electron chi connectivity index (χ1n) is 9.78. The summed E-state index contributed by atoms with van der Waals surface area (Å²) in [5.74, 6) is 2.82. The van der Waals surface area contributed by atoms with E-state index >= 15 is 0 Å². The van der Waals surface area contributed by atoms with Crippen molar-refractivity contribution in [1.29, 1.82) is 0 Å². The fourth-order valence-electron chi connectivity index (χ4n) is 3.73. The minimum atomic E-state index is -0.321. The third-order valence-corrected chi connectivity index (χ3v) is 6.41. The number of thioether (sulfide) groups is 1. The Hall–Kier alpha value is -2.19. The molecular formula is C20H24ClN5O2S. The summed E-state index contributed by atoms with van der Waals surface area (Å²) in [6, 6.07) is 7.20. The highest BCUT2D eigenvalue weighted by Gasteiger charge is 2.23. The number of anilines is 1. The molecule has 1 saturated heterocycles. The highest BCUT2D eigenvalue weighted by molar-refractivity contribution is 7.99. The molecule has 1 aliphatic heterocycles. The van der Waals surface area contributed by atoms with Gasteiger partial charge in [-0.3, -0.25) is 13.9 Å². The molecule has 4 rings (SSSR count). The van der Waals surface area contributed by atoms with Gasteiger partial charge in [0.25, 0.3) is 5.56 Å². The highest BCUT2D eigenvalue weighted by atomic mass is 35.5. The van der Waals surface area contributed by atoms with Crippen LogP contribution in [0.1, 0.15) is 18.9 Å². The average Bonchev–Trinajstić information content (AvgIpc) is 3.08. The average molecular weight is 434 g/mol. The van der Waals surface area contributed by atoms with E-state index in [0.29, 0.717) is 22.7 Å². The molecule has 0 unspecified atom stereocenters. The van der Waals surface area contributed by atoms with E-state index in [1.165, 1.54) is 4.57 Å². The second-order valence-electron chi connectivity index (χ2n) is 7.19. The fraction of sp³-hybridized carbons (Fsp3) is 0.450.